The number of unbranched alkanes of at least 4 members (excludes halogenated alkanes) is 11. The summed E-state index contributed by atoms with van der Waals surface area (Å²) in [4.78, 5) is 0. The van der Waals surface area contributed by atoms with Gasteiger partial charge in [-0.2, -0.15) is 0 Å². The average Bonchev–Trinajstić information content (AvgIpc) is 3.49. The van der Waals surface area contributed by atoms with E-state index in [-0.39, 0.29) is 7.43 Å². The summed E-state index contributed by atoms with van der Waals surface area (Å²) in [5.74, 6) is 0. The minimum atomic E-state index is 0. The van der Waals surface area contributed by atoms with Gasteiger partial charge in [0.2, 0.25) is 0 Å². The van der Waals surface area contributed by atoms with Crippen LogP contribution in [-0.4, -0.2) is 61.3 Å². The zero-order valence-corrected chi connectivity index (χ0v) is 23.5. The standard InChI is InChI=1S/C28H58N2.CH4.Cl2/c1-3-5-21-29(25-17-18-26-29)23-15-13-11-9-7-8-10-12-14-16-24-30(22-6-4-2)27-19-20-28-30;;1-2/h3-28H2,1-2H3;1H4;/q+2;;. The SMILES string of the molecule is C.CCCC[N+]1(CCCCCCCCCCCC[N+]2(CCCC)CCCC2)CCCC1.ClCl. The fraction of sp³-hybridized carbons (Fsp3) is 1.00. The van der Waals surface area contributed by atoms with Crippen molar-refractivity contribution in [2.24, 2.45) is 0 Å². The van der Waals surface area contributed by atoms with E-state index in [2.05, 4.69) is 35.6 Å². The van der Waals surface area contributed by atoms with E-state index in [1.54, 1.807) is 0 Å². The molecule has 4 heteroatoms. The number of likely N-dealkylation sites (tertiary alicyclic amines) is 2. The van der Waals surface area contributed by atoms with Gasteiger partial charge in [-0.25, -0.2) is 0 Å². The maximum atomic E-state index is 4.11. The topological polar surface area (TPSA) is 0 Å². The highest BCUT2D eigenvalue weighted by Gasteiger charge is 2.31. The second kappa shape index (κ2) is 21.8. The second-order valence-electron chi connectivity index (χ2n) is 11.1. The van der Waals surface area contributed by atoms with Gasteiger partial charge in [-0.15, -0.1) is 0 Å². The molecule has 0 amide bonds. The third kappa shape index (κ3) is 14.6. The second-order valence-corrected chi connectivity index (χ2v) is 11.1. The lowest BCUT2D eigenvalue weighted by Gasteiger charge is -2.34. The van der Waals surface area contributed by atoms with E-state index in [0.717, 1.165) is 0 Å². The lowest BCUT2D eigenvalue weighted by molar-refractivity contribution is -0.917. The van der Waals surface area contributed by atoms with Gasteiger partial charge in [0.05, 0.1) is 52.4 Å². The maximum Gasteiger partial charge on any atom is 0.0788 e. The van der Waals surface area contributed by atoms with Crippen LogP contribution in [0, 0.1) is 0 Å². The Morgan fingerprint density at radius 3 is 0.939 bits per heavy atom. The van der Waals surface area contributed by atoms with Crippen LogP contribution in [0.15, 0.2) is 0 Å². The Balaban J connectivity index is 0.00000332. The summed E-state index contributed by atoms with van der Waals surface area (Å²) in [6.07, 6.45) is 26.5. The first kappa shape index (κ1) is 33.5. The molecule has 2 nitrogen and oxygen atoms in total. The summed E-state index contributed by atoms with van der Waals surface area (Å²) in [5.41, 5.74) is 0. The molecule has 2 heterocycles. The molecule has 0 aromatic carbocycles. The van der Waals surface area contributed by atoms with Crippen molar-refractivity contribution in [2.75, 3.05) is 52.4 Å². The molecular formula is C29H62Cl2N2+2. The molecule has 200 valence electrons. The third-order valence-electron chi connectivity index (χ3n) is 8.52. The average molecular weight is 510 g/mol. The van der Waals surface area contributed by atoms with Gasteiger partial charge < -0.3 is 8.97 Å². The summed E-state index contributed by atoms with van der Waals surface area (Å²) in [6.45, 7) is 16.5. The summed E-state index contributed by atoms with van der Waals surface area (Å²) >= 11 is 0. The van der Waals surface area contributed by atoms with E-state index in [1.807, 2.05) is 0 Å². The van der Waals surface area contributed by atoms with Gasteiger partial charge in [-0.1, -0.05) is 72.6 Å². The predicted octanol–water partition coefficient (Wildman–Crippen LogP) is 9.72. The fourth-order valence-corrected chi connectivity index (χ4v) is 6.43. The minimum absolute atomic E-state index is 0. The maximum absolute atomic E-state index is 4.11. The van der Waals surface area contributed by atoms with Gasteiger partial charge in [-0.05, 0) is 38.5 Å². The van der Waals surface area contributed by atoms with E-state index >= 15 is 0 Å². The first-order valence-corrected chi connectivity index (χ1v) is 15.7. The van der Waals surface area contributed by atoms with Crippen molar-refractivity contribution in [2.45, 2.75) is 137 Å². The van der Waals surface area contributed by atoms with Gasteiger partial charge >= 0.3 is 0 Å². The lowest BCUT2D eigenvalue weighted by Crippen LogP contribution is -2.46. The highest BCUT2D eigenvalue weighted by Crippen LogP contribution is 2.23. The van der Waals surface area contributed by atoms with E-state index in [9.17, 15) is 0 Å². The molecule has 2 rings (SSSR count). The Bertz CT molecular complexity index is 366. The number of nitrogens with zero attached hydrogens (tertiary/aromatic N) is 2. The van der Waals surface area contributed by atoms with Crippen LogP contribution in [-0.2, 0) is 0 Å². The molecule has 2 fully saturated rings. The van der Waals surface area contributed by atoms with E-state index in [1.165, 1.54) is 177 Å². The molecule has 2 aliphatic rings. The predicted molar refractivity (Wildman–Crippen MR) is 152 cm³/mol. The summed E-state index contributed by atoms with van der Waals surface area (Å²) < 4.78 is 2.96. The molecule has 0 saturated carbocycles. The van der Waals surface area contributed by atoms with Crippen LogP contribution in [0.5, 0.6) is 0 Å². The zero-order valence-electron chi connectivity index (χ0n) is 22.0. The molecule has 0 atom stereocenters. The van der Waals surface area contributed by atoms with Crippen molar-refractivity contribution in [1.29, 1.82) is 0 Å². The van der Waals surface area contributed by atoms with E-state index in [0.29, 0.717) is 0 Å². The van der Waals surface area contributed by atoms with Crippen LogP contribution in [0.2, 0.25) is 0 Å². The van der Waals surface area contributed by atoms with Crippen molar-refractivity contribution >= 4 is 21.7 Å². The lowest BCUT2D eigenvalue weighted by atomic mass is 10.1. The van der Waals surface area contributed by atoms with Crippen LogP contribution in [0.3, 0.4) is 0 Å². The first-order chi connectivity index (χ1) is 15.7. The molecule has 2 saturated heterocycles. The Morgan fingerprint density at radius 2 is 0.667 bits per heavy atom. The van der Waals surface area contributed by atoms with Crippen LogP contribution in [0.1, 0.15) is 137 Å². The molecule has 2 aliphatic heterocycles. The van der Waals surface area contributed by atoms with Crippen molar-refractivity contribution < 1.29 is 8.97 Å². The third-order valence-corrected chi connectivity index (χ3v) is 8.52. The molecule has 0 bridgehead atoms. The van der Waals surface area contributed by atoms with Crippen LogP contribution in [0.4, 0.5) is 0 Å². The smallest absolute Gasteiger partial charge is 0.0788 e. The molecular weight excluding hydrogens is 447 g/mol. The van der Waals surface area contributed by atoms with Crippen molar-refractivity contribution in [3.63, 3.8) is 0 Å². The number of rotatable bonds is 19. The molecule has 0 spiro atoms. The Labute approximate surface area is 219 Å². The Kier molecular flexibility index (Phi) is 22.1. The van der Waals surface area contributed by atoms with E-state index in [4.69, 9.17) is 0 Å². The summed E-state index contributed by atoms with van der Waals surface area (Å²) in [5, 5.41) is 0. The van der Waals surface area contributed by atoms with Crippen LogP contribution < -0.4 is 0 Å². The number of quaternary nitrogens is 2. The molecule has 0 aliphatic carbocycles. The van der Waals surface area contributed by atoms with Gasteiger partial charge in [0, 0.05) is 47.4 Å². The molecule has 0 N–H and O–H groups in total. The van der Waals surface area contributed by atoms with Gasteiger partial charge in [-0.3, -0.25) is 0 Å². The Morgan fingerprint density at radius 1 is 0.424 bits per heavy atom. The normalized spacial score (nSPS) is 18.5. The van der Waals surface area contributed by atoms with Crippen molar-refractivity contribution in [1.82, 2.24) is 0 Å². The molecule has 0 aromatic heterocycles. The fourth-order valence-electron chi connectivity index (χ4n) is 6.43. The van der Waals surface area contributed by atoms with E-state index < -0.39 is 0 Å². The zero-order chi connectivity index (χ0) is 23.4. The first-order valence-electron chi connectivity index (χ1n) is 14.6. The van der Waals surface area contributed by atoms with Crippen LogP contribution >= 0.6 is 21.7 Å². The molecule has 0 unspecified atom stereocenters. The largest absolute Gasteiger partial charge is 0.324 e. The monoisotopic (exact) mass is 508 g/mol. The van der Waals surface area contributed by atoms with Crippen LogP contribution in [0.25, 0.3) is 0 Å². The summed E-state index contributed by atoms with van der Waals surface area (Å²) in [7, 11) is 8.22. The molecule has 0 radical (unpaired) electrons. The number of halogens is 2. The van der Waals surface area contributed by atoms with Crippen molar-refractivity contribution in [3.05, 3.63) is 0 Å². The summed E-state index contributed by atoms with van der Waals surface area (Å²) in [6, 6.07) is 0. The van der Waals surface area contributed by atoms with Gasteiger partial charge in [0.1, 0.15) is 0 Å². The van der Waals surface area contributed by atoms with Crippen molar-refractivity contribution in [3.8, 4) is 0 Å². The minimum Gasteiger partial charge on any atom is -0.324 e. The molecule has 0 aromatic rings. The highest BCUT2D eigenvalue weighted by molar-refractivity contribution is 6.85. The number of hydrogen-bond donors (Lipinski definition) is 0. The highest BCUT2D eigenvalue weighted by atomic mass is 36.5. The number of hydrogen-bond acceptors (Lipinski definition) is 0. The van der Waals surface area contributed by atoms with Gasteiger partial charge in [0.15, 0.2) is 0 Å². The Hall–Kier alpha value is 0.500. The molecule has 33 heavy (non-hydrogen) atoms. The van der Waals surface area contributed by atoms with Gasteiger partial charge in [0.25, 0.3) is 0 Å². The quantitative estimate of drug-likeness (QED) is 0.120.